The third kappa shape index (κ3) is 4.09. The van der Waals surface area contributed by atoms with E-state index in [1.807, 2.05) is 7.05 Å². The number of anilines is 2. The van der Waals surface area contributed by atoms with Crippen LogP contribution in [0.2, 0.25) is 0 Å². The zero-order valence-electron chi connectivity index (χ0n) is 19.2. The number of nitrogens with one attached hydrogen (secondary N) is 2. The first kappa shape index (κ1) is 22.2. The van der Waals surface area contributed by atoms with Crippen LogP contribution in [-0.4, -0.2) is 65.5 Å². The van der Waals surface area contributed by atoms with Crippen LogP contribution in [-0.2, 0) is 0 Å². The van der Waals surface area contributed by atoms with Crippen molar-refractivity contribution >= 4 is 17.2 Å². The minimum Gasteiger partial charge on any atom is -0.486 e. The summed E-state index contributed by atoms with van der Waals surface area (Å²) < 4.78 is 49.8. The van der Waals surface area contributed by atoms with Crippen molar-refractivity contribution in [3.05, 3.63) is 24.3 Å². The molecule has 0 bridgehead atoms. The average molecular weight is 490 g/mol. The Bertz CT molecular complexity index is 1250. The lowest BCUT2D eigenvalue weighted by atomic mass is 9.60. The number of hydrogen-bond acceptors (Lipinski definition) is 8. The van der Waals surface area contributed by atoms with Crippen molar-refractivity contribution in [2.45, 2.75) is 38.1 Å². The van der Waals surface area contributed by atoms with Gasteiger partial charge in [0.25, 0.3) is 0 Å². The fourth-order valence-electron chi connectivity index (χ4n) is 5.52. The number of ether oxygens (including phenoxy) is 2. The number of piperidine rings is 1. The van der Waals surface area contributed by atoms with Crippen LogP contribution in [0.25, 0.3) is 17.0 Å². The molecule has 3 aromatic rings. The Kier molecular flexibility index (Phi) is 5.17. The van der Waals surface area contributed by atoms with E-state index in [0.717, 1.165) is 31.6 Å². The molecule has 2 aromatic heterocycles. The predicted molar refractivity (Wildman–Crippen MR) is 123 cm³/mol. The van der Waals surface area contributed by atoms with Crippen LogP contribution in [0.15, 0.2) is 24.3 Å². The van der Waals surface area contributed by atoms with Crippen molar-refractivity contribution in [1.82, 2.24) is 25.1 Å². The fourth-order valence-corrected chi connectivity index (χ4v) is 5.52. The molecule has 0 atom stereocenters. The standard InChI is InChI=1S/C23H26F3N7O2/c1-32-9-10-34-18-17(32)19(28-15-12-22(13-15)5-7-27-8-6-22)31-33-20(29-30-21(18)33)14-3-2-4-16(11-14)35-23(24,25)26/h2-4,11,15,27H,5-10,12-13H2,1H3,(H,28,31). The van der Waals surface area contributed by atoms with Crippen LogP contribution in [0.5, 0.6) is 11.5 Å². The van der Waals surface area contributed by atoms with E-state index >= 15 is 0 Å². The first-order valence-corrected chi connectivity index (χ1v) is 11.8. The zero-order chi connectivity index (χ0) is 24.2. The van der Waals surface area contributed by atoms with Crippen LogP contribution in [0.1, 0.15) is 25.7 Å². The Balaban J connectivity index is 1.37. The second kappa shape index (κ2) is 8.14. The molecule has 6 rings (SSSR count). The minimum atomic E-state index is -4.78. The number of likely N-dealkylation sites (N-methyl/N-ethyl adjacent to an activating group) is 1. The van der Waals surface area contributed by atoms with Crippen molar-refractivity contribution in [3.8, 4) is 22.9 Å². The largest absolute Gasteiger partial charge is 0.573 e. The first-order valence-electron chi connectivity index (χ1n) is 11.8. The van der Waals surface area contributed by atoms with E-state index < -0.39 is 6.36 Å². The predicted octanol–water partition coefficient (Wildman–Crippen LogP) is 3.46. The first-order chi connectivity index (χ1) is 16.8. The summed E-state index contributed by atoms with van der Waals surface area (Å²) in [4.78, 5) is 2.08. The van der Waals surface area contributed by atoms with Gasteiger partial charge in [0, 0.05) is 18.7 Å². The third-order valence-electron chi connectivity index (χ3n) is 7.23. The van der Waals surface area contributed by atoms with Gasteiger partial charge in [0.1, 0.15) is 18.0 Å². The zero-order valence-corrected chi connectivity index (χ0v) is 19.2. The van der Waals surface area contributed by atoms with Gasteiger partial charge in [0.05, 0.1) is 6.54 Å². The lowest BCUT2D eigenvalue weighted by Gasteiger charge is -2.50. The molecule has 186 valence electrons. The van der Waals surface area contributed by atoms with Crippen LogP contribution in [0.4, 0.5) is 24.7 Å². The van der Waals surface area contributed by atoms with Gasteiger partial charge in [-0.3, -0.25) is 0 Å². The van der Waals surface area contributed by atoms with Gasteiger partial charge in [-0.2, -0.15) is 4.52 Å². The topological polar surface area (TPSA) is 88.8 Å². The molecule has 2 N–H and O–H groups in total. The van der Waals surface area contributed by atoms with E-state index in [0.29, 0.717) is 53.2 Å². The quantitative estimate of drug-likeness (QED) is 0.576. The molecule has 3 aliphatic rings. The lowest BCUT2D eigenvalue weighted by Crippen LogP contribution is -2.50. The Morgan fingerprint density at radius 1 is 1.20 bits per heavy atom. The molecule has 1 spiro atoms. The monoisotopic (exact) mass is 489 g/mol. The van der Waals surface area contributed by atoms with Gasteiger partial charge in [-0.15, -0.1) is 28.5 Å². The van der Waals surface area contributed by atoms with Gasteiger partial charge in [0.15, 0.2) is 17.4 Å². The summed E-state index contributed by atoms with van der Waals surface area (Å²) in [5.41, 5.74) is 2.04. The average Bonchev–Trinajstić information content (AvgIpc) is 3.22. The molecule has 35 heavy (non-hydrogen) atoms. The molecular formula is C23H26F3N7O2. The van der Waals surface area contributed by atoms with Gasteiger partial charge >= 0.3 is 6.36 Å². The van der Waals surface area contributed by atoms with Crippen molar-refractivity contribution in [2.24, 2.45) is 5.41 Å². The molecule has 4 heterocycles. The molecule has 0 amide bonds. The Morgan fingerprint density at radius 2 is 2.00 bits per heavy atom. The molecule has 1 saturated heterocycles. The van der Waals surface area contributed by atoms with Crippen molar-refractivity contribution in [2.75, 3.05) is 43.5 Å². The highest BCUT2D eigenvalue weighted by Crippen LogP contribution is 2.50. The number of fused-ring (bicyclic) bond motifs is 3. The fraction of sp³-hybridized carbons (Fsp3) is 0.522. The molecule has 1 aromatic carbocycles. The summed E-state index contributed by atoms with van der Waals surface area (Å²) in [5, 5.41) is 20.4. The second-order valence-electron chi connectivity index (χ2n) is 9.63. The number of rotatable bonds is 4. The van der Waals surface area contributed by atoms with E-state index in [-0.39, 0.29) is 5.75 Å². The summed E-state index contributed by atoms with van der Waals surface area (Å²) >= 11 is 0. The number of halogens is 3. The number of hydrogen-bond donors (Lipinski definition) is 2. The highest BCUT2D eigenvalue weighted by Gasteiger charge is 2.45. The van der Waals surface area contributed by atoms with Gasteiger partial charge in [0.2, 0.25) is 5.65 Å². The van der Waals surface area contributed by atoms with E-state index in [4.69, 9.17) is 9.84 Å². The van der Waals surface area contributed by atoms with Crippen molar-refractivity contribution in [1.29, 1.82) is 0 Å². The highest BCUT2D eigenvalue weighted by atomic mass is 19.4. The van der Waals surface area contributed by atoms with Crippen LogP contribution in [0, 0.1) is 5.41 Å². The molecule has 9 nitrogen and oxygen atoms in total. The van der Waals surface area contributed by atoms with E-state index in [2.05, 4.69) is 30.5 Å². The van der Waals surface area contributed by atoms with Crippen LogP contribution in [0.3, 0.4) is 0 Å². The molecule has 12 heteroatoms. The molecule has 1 aliphatic carbocycles. The third-order valence-corrected chi connectivity index (χ3v) is 7.23. The van der Waals surface area contributed by atoms with Crippen molar-refractivity contribution in [3.63, 3.8) is 0 Å². The molecule has 2 fully saturated rings. The summed E-state index contributed by atoms with van der Waals surface area (Å²) in [6.45, 7) is 3.31. The van der Waals surface area contributed by atoms with Crippen LogP contribution < -0.4 is 25.0 Å². The van der Waals surface area contributed by atoms with Gasteiger partial charge in [-0.05, 0) is 56.3 Å². The number of benzene rings is 1. The molecule has 1 saturated carbocycles. The van der Waals surface area contributed by atoms with Gasteiger partial charge < -0.3 is 25.0 Å². The van der Waals surface area contributed by atoms with Gasteiger partial charge in [-0.1, -0.05) is 12.1 Å². The van der Waals surface area contributed by atoms with Gasteiger partial charge in [-0.25, -0.2) is 0 Å². The van der Waals surface area contributed by atoms with E-state index in [1.54, 1.807) is 6.07 Å². The summed E-state index contributed by atoms with van der Waals surface area (Å²) in [5.74, 6) is 1.19. The Labute approximate surface area is 199 Å². The molecule has 0 radical (unpaired) electrons. The SMILES string of the molecule is CN1CCOc2c1c(NC1CC3(CCNCC3)C1)nn1c(-c3cccc(OC(F)(F)F)c3)nnc21. The Morgan fingerprint density at radius 3 is 2.77 bits per heavy atom. The smallest absolute Gasteiger partial charge is 0.486 e. The highest BCUT2D eigenvalue weighted by molar-refractivity contribution is 5.82. The van der Waals surface area contributed by atoms with E-state index in [1.165, 1.54) is 35.6 Å². The molecular weight excluding hydrogens is 463 g/mol. The molecule has 0 unspecified atom stereocenters. The maximum Gasteiger partial charge on any atom is 0.573 e. The Hall–Kier alpha value is -3.28. The normalized spacial score (nSPS) is 19.8. The number of aromatic nitrogens is 4. The maximum absolute atomic E-state index is 12.7. The molecule has 2 aliphatic heterocycles. The number of nitrogens with zero attached hydrogens (tertiary/aromatic N) is 5. The summed E-state index contributed by atoms with van der Waals surface area (Å²) in [6, 6.07) is 5.94. The lowest BCUT2D eigenvalue weighted by molar-refractivity contribution is -0.274. The summed E-state index contributed by atoms with van der Waals surface area (Å²) in [7, 11) is 1.98. The summed E-state index contributed by atoms with van der Waals surface area (Å²) in [6.07, 6.45) is -0.249. The number of alkyl halides is 3. The van der Waals surface area contributed by atoms with Crippen molar-refractivity contribution < 1.29 is 22.6 Å². The van der Waals surface area contributed by atoms with Crippen LogP contribution >= 0.6 is 0 Å². The second-order valence-corrected chi connectivity index (χ2v) is 9.63. The maximum atomic E-state index is 12.7. The van der Waals surface area contributed by atoms with E-state index in [9.17, 15) is 13.2 Å². The minimum absolute atomic E-state index is 0.293.